The number of aryl methyl sites for hydroxylation is 1. The van der Waals surface area contributed by atoms with Crippen LogP contribution in [0.15, 0.2) is 53.4 Å². The van der Waals surface area contributed by atoms with Gasteiger partial charge in [0.15, 0.2) is 0 Å². The first-order valence-corrected chi connectivity index (χ1v) is 11.3. The number of rotatable bonds is 7. The highest BCUT2D eigenvalue weighted by atomic mass is 32.2. The Morgan fingerprint density at radius 1 is 1.14 bits per heavy atom. The Morgan fingerprint density at radius 2 is 1.83 bits per heavy atom. The molecular formula is C22H28N2O4S. The molecule has 0 bridgehead atoms. The zero-order valence-electron chi connectivity index (χ0n) is 16.9. The zero-order chi connectivity index (χ0) is 20.9. The maximum absolute atomic E-state index is 13.1. The van der Waals surface area contributed by atoms with Crippen LogP contribution in [0.25, 0.3) is 0 Å². The molecule has 1 N–H and O–H groups in total. The fourth-order valence-electron chi connectivity index (χ4n) is 3.74. The Morgan fingerprint density at radius 3 is 2.45 bits per heavy atom. The van der Waals surface area contributed by atoms with Crippen LogP contribution in [0.2, 0.25) is 0 Å². The molecule has 2 aromatic rings. The van der Waals surface area contributed by atoms with Crippen LogP contribution in [-0.4, -0.2) is 38.8 Å². The van der Waals surface area contributed by atoms with Crippen molar-refractivity contribution in [2.45, 2.75) is 37.5 Å². The van der Waals surface area contributed by atoms with Gasteiger partial charge in [-0.2, -0.15) is 4.31 Å². The van der Waals surface area contributed by atoms with Crippen LogP contribution >= 0.6 is 0 Å². The molecule has 2 aromatic carbocycles. The topological polar surface area (TPSA) is 75.7 Å². The van der Waals surface area contributed by atoms with Crippen LogP contribution in [0.3, 0.4) is 0 Å². The van der Waals surface area contributed by atoms with Gasteiger partial charge in [0.1, 0.15) is 5.75 Å². The van der Waals surface area contributed by atoms with E-state index in [4.69, 9.17) is 4.74 Å². The Hall–Kier alpha value is -2.38. The molecule has 7 heteroatoms. The molecular weight excluding hydrogens is 388 g/mol. The lowest BCUT2D eigenvalue weighted by Crippen LogP contribution is -2.38. The molecule has 1 amide bonds. The van der Waals surface area contributed by atoms with E-state index in [-0.39, 0.29) is 10.8 Å². The quantitative estimate of drug-likeness (QED) is 0.747. The number of amides is 1. The number of piperidine rings is 1. The predicted molar refractivity (Wildman–Crippen MR) is 114 cm³/mol. The summed E-state index contributed by atoms with van der Waals surface area (Å²) in [6, 6.07) is 15.0. The minimum Gasteiger partial charge on any atom is -0.495 e. The lowest BCUT2D eigenvalue weighted by Gasteiger charge is -2.31. The average molecular weight is 417 g/mol. The van der Waals surface area contributed by atoms with Crippen molar-refractivity contribution >= 4 is 21.6 Å². The summed E-state index contributed by atoms with van der Waals surface area (Å²) in [5.74, 6) is 0.684. The van der Waals surface area contributed by atoms with E-state index in [0.717, 1.165) is 25.7 Å². The fourth-order valence-corrected chi connectivity index (χ4v) is 5.23. The summed E-state index contributed by atoms with van der Waals surface area (Å²) >= 11 is 0. The first-order valence-electron chi connectivity index (χ1n) is 9.90. The molecule has 0 unspecified atom stereocenters. The smallest absolute Gasteiger partial charge is 0.243 e. The van der Waals surface area contributed by atoms with Gasteiger partial charge < -0.3 is 10.1 Å². The second-order valence-corrected chi connectivity index (χ2v) is 9.35. The predicted octanol–water partition coefficient (Wildman–Crippen LogP) is 3.69. The minimum atomic E-state index is -3.61. The van der Waals surface area contributed by atoms with Crippen LogP contribution in [0, 0.1) is 5.92 Å². The number of methoxy groups -OCH3 is 1. The van der Waals surface area contributed by atoms with Gasteiger partial charge in [0.2, 0.25) is 15.9 Å². The molecule has 1 aliphatic heterocycles. The minimum absolute atomic E-state index is 0.171. The number of carbonyl (C=O) groups is 1. The number of anilines is 1. The first kappa shape index (κ1) is 21.3. The molecule has 156 valence electrons. The van der Waals surface area contributed by atoms with Gasteiger partial charge in [0, 0.05) is 20.0 Å². The number of hydrogen-bond donors (Lipinski definition) is 1. The van der Waals surface area contributed by atoms with E-state index in [9.17, 15) is 13.2 Å². The van der Waals surface area contributed by atoms with E-state index >= 15 is 0 Å². The van der Waals surface area contributed by atoms with E-state index < -0.39 is 10.0 Å². The van der Waals surface area contributed by atoms with E-state index in [1.165, 1.54) is 31.7 Å². The molecule has 0 aliphatic carbocycles. The number of carbonyl (C=O) groups excluding carboxylic acids is 1. The zero-order valence-corrected chi connectivity index (χ0v) is 17.7. The van der Waals surface area contributed by atoms with Crippen molar-refractivity contribution in [3.63, 3.8) is 0 Å². The van der Waals surface area contributed by atoms with Crippen molar-refractivity contribution in [3.8, 4) is 5.75 Å². The number of hydrogen-bond acceptors (Lipinski definition) is 4. The molecule has 6 nitrogen and oxygen atoms in total. The molecule has 0 aromatic heterocycles. The van der Waals surface area contributed by atoms with Crippen molar-refractivity contribution in [2.24, 2.45) is 5.92 Å². The van der Waals surface area contributed by atoms with Crippen molar-refractivity contribution in [3.05, 3.63) is 54.1 Å². The second kappa shape index (κ2) is 9.41. The summed E-state index contributed by atoms with van der Waals surface area (Å²) in [5, 5.41) is 2.63. The lowest BCUT2D eigenvalue weighted by atomic mass is 9.91. The van der Waals surface area contributed by atoms with Crippen LogP contribution in [0.1, 0.15) is 31.7 Å². The summed E-state index contributed by atoms with van der Waals surface area (Å²) in [5.41, 5.74) is 1.69. The highest BCUT2D eigenvalue weighted by molar-refractivity contribution is 7.89. The van der Waals surface area contributed by atoms with Crippen LogP contribution < -0.4 is 10.1 Å². The van der Waals surface area contributed by atoms with Crippen LogP contribution in [0.4, 0.5) is 5.69 Å². The SMILES string of the molecule is COc1ccc(S(=O)(=O)N2CCC(CCc3ccccc3)CC2)cc1NC(C)=O. The normalized spacial score (nSPS) is 15.8. The van der Waals surface area contributed by atoms with Crippen molar-refractivity contribution in [1.29, 1.82) is 0 Å². The van der Waals surface area contributed by atoms with Crippen molar-refractivity contribution in [1.82, 2.24) is 4.31 Å². The van der Waals surface area contributed by atoms with Gasteiger partial charge in [-0.15, -0.1) is 0 Å². The maximum atomic E-state index is 13.1. The Bertz CT molecular complexity index is 937. The van der Waals surface area contributed by atoms with Gasteiger partial charge in [-0.05, 0) is 55.4 Å². The molecule has 0 radical (unpaired) electrons. The summed E-state index contributed by atoms with van der Waals surface area (Å²) in [6.07, 6.45) is 3.82. The number of ether oxygens (including phenoxy) is 1. The Labute approximate surface area is 172 Å². The molecule has 29 heavy (non-hydrogen) atoms. The third-order valence-electron chi connectivity index (χ3n) is 5.38. The monoisotopic (exact) mass is 416 g/mol. The number of nitrogens with one attached hydrogen (secondary N) is 1. The summed E-state index contributed by atoms with van der Waals surface area (Å²) < 4.78 is 32.9. The van der Waals surface area contributed by atoms with E-state index in [1.54, 1.807) is 10.4 Å². The van der Waals surface area contributed by atoms with Gasteiger partial charge in [0.05, 0.1) is 17.7 Å². The standard InChI is InChI=1S/C22H28N2O4S/c1-17(25)23-21-16-20(10-11-22(21)28-2)29(26,27)24-14-12-19(13-15-24)9-8-18-6-4-3-5-7-18/h3-7,10-11,16,19H,8-9,12-15H2,1-2H3,(H,23,25). The molecule has 0 saturated carbocycles. The highest BCUT2D eigenvalue weighted by Crippen LogP contribution is 2.31. The Balaban J connectivity index is 1.64. The number of benzene rings is 2. The van der Waals surface area contributed by atoms with Gasteiger partial charge in [-0.25, -0.2) is 8.42 Å². The molecule has 1 aliphatic rings. The molecule has 1 heterocycles. The van der Waals surface area contributed by atoms with E-state index in [0.29, 0.717) is 30.4 Å². The summed E-state index contributed by atoms with van der Waals surface area (Å²) in [4.78, 5) is 11.6. The largest absolute Gasteiger partial charge is 0.495 e. The number of sulfonamides is 1. The van der Waals surface area contributed by atoms with Gasteiger partial charge in [0.25, 0.3) is 0 Å². The number of nitrogens with zero attached hydrogens (tertiary/aromatic N) is 1. The lowest BCUT2D eigenvalue weighted by molar-refractivity contribution is -0.114. The molecule has 1 fully saturated rings. The first-order chi connectivity index (χ1) is 13.9. The highest BCUT2D eigenvalue weighted by Gasteiger charge is 2.30. The fraction of sp³-hybridized carbons (Fsp3) is 0.409. The second-order valence-electron chi connectivity index (χ2n) is 7.42. The molecule has 0 spiro atoms. The summed E-state index contributed by atoms with van der Waals surface area (Å²) in [6.45, 7) is 2.41. The van der Waals surface area contributed by atoms with Crippen molar-refractivity contribution < 1.29 is 17.9 Å². The van der Waals surface area contributed by atoms with Gasteiger partial charge >= 0.3 is 0 Å². The van der Waals surface area contributed by atoms with Crippen LogP contribution in [0.5, 0.6) is 5.75 Å². The van der Waals surface area contributed by atoms with Gasteiger partial charge in [-0.3, -0.25) is 4.79 Å². The third kappa shape index (κ3) is 5.36. The maximum Gasteiger partial charge on any atom is 0.243 e. The average Bonchev–Trinajstić information content (AvgIpc) is 2.73. The molecule has 3 rings (SSSR count). The van der Waals surface area contributed by atoms with E-state index in [1.807, 2.05) is 6.07 Å². The summed E-state index contributed by atoms with van der Waals surface area (Å²) in [7, 11) is -2.13. The molecule has 0 atom stereocenters. The van der Waals surface area contributed by atoms with E-state index in [2.05, 4.69) is 29.6 Å². The Kier molecular flexibility index (Phi) is 6.92. The third-order valence-corrected chi connectivity index (χ3v) is 7.27. The van der Waals surface area contributed by atoms with Gasteiger partial charge in [-0.1, -0.05) is 30.3 Å². The van der Waals surface area contributed by atoms with Crippen molar-refractivity contribution in [2.75, 3.05) is 25.5 Å². The van der Waals surface area contributed by atoms with Crippen LogP contribution in [-0.2, 0) is 21.2 Å². The molecule has 1 saturated heterocycles.